The van der Waals surface area contributed by atoms with E-state index in [1.54, 1.807) is 25.6 Å². The van der Waals surface area contributed by atoms with Crippen molar-refractivity contribution >= 4 is 22.9 Å². The number of hydrogen-bond acceptors (Lipinski definition) is 5. The molecule has 0 fully saturated rings. The van der Waals surface area contributed by atoms with Gasteiger partial charge >= 0.3 is 5.97 Å². The second-order valence-corrected chi connectivity index (χ2v) is 5.39. The number of thioether (sulfide) groups is 1. The molecule has 5 heteroatoms. The fourth-order valence-corrected chi connectivity index (χ4v) is 2.43. The highest BCUT2D eigenvalue weighted by atomic mass is 32.2. The number of hydrogen-bond donors (Lipinski definition) is 1. The smallest absolute Gasteiger partial charge is 0.328 e. The number of amidine groups is 1. The summed E-state index contributed by atoms with van der Waals surface area (Å²) < 4.78 is 4.92. The number of rotatable bonds is 4. The first-order chi connectivity index (χ1) is 7.54. The minimum atomic E-state index is -0.322. The Labute approximate surface area is 101 Å². The van der Waals surface area contributed by atoms with Gasteiger partial charge in [-0.25, -0.2) is 4.79 Å². The summed E-state index contributed by atoms with van der Waals surface area (Å²) in [6.45, 7) is 9.22. The fraction of sp³-hybridized carbons (Fsp3) is 0.818. The number of nitrogens with zero attached hydrogens (tertiary/aromatic N) is 1. The van der Waals surface area contributed by atoms with Gasteiger partial charge in [0.1, 0.15) is 6.04 Å². The summed E-state index contributed by atoms with van der Waals surface area (Å²) in [5, 5.41) is 4.47. The van der Waals surface area contributed by atoms with Gasteiger partial charge in [0.2, 0.25) is 0 Å². The van der Waals surface area contributed by atoms with Crippen molar-refractivity contribution in [3.8, 4) is 0 Å². The lowest BCUT2D eigenvalue weighted by Gasteiger charge is -2.15. The van der Waals surface area contributed by atoms with Crippen LogP contribution in [0.4, 0.5) is 0 Å². The highest BCUT2D eigenvalue weighted by molar-refractivity contribution is 8.14. The maximum absolute atomic E-state index is 11.4. The van der Waals surface area contributed by atoms with E-state index in [1.807, 2.05) is 0 Å². The third-order valence-electron chi connectivity index (χ3n) is 2.40. The molecule has 0 amide bonds. The lowest BCUT2D eigenvalue weighted by molar-refractivity contribution is -0.144. The van der Waals surface area contributed by atoms with Gasteiger partial charge in [-0.1, -0.05) is 25.6 Å². The minimum Gasteiger partial charge on any atom is -0.464 e. The molecule has 1 N–H and O–H groups in total. The molecular weight excluding hydrogens is 224 g/mol. The number of ether oxygens (including phenoxy) is 1. The topological polar surface area (TPSA) is 50.7 Å². The van der Waals surface area contributed by atoms with E-state index in [4.69, 9.17) is 4.74 Å². The average Bonchev–Trinajstić information content (AvgIpc) is 2.66. The van der Waals surface area contributed by atoms with Crippen LogP contribution in [0.5, 0.6) is 0 Å². The maximum atomic E-state index is 11.4. The van der Waals surface area contributed by atoms with Crippen molar-refractivity contribution in [3.63, 3.8) is 0 Å². The highest BCUT2D eigenvalue weighted by Crippen LogP contribution is 2.26. The Hall–Kier alpha value is -0.710. The largest absolute Gasteiger partial charge is 0.464 e. The molecule has 2 unspecified atom stereocenters. The van der Waals surface area contributed by atoms with Gasteiger partial charge in [-0.15, -0.1) is 0 Å². The third-order valence-corrected chi connectivity index (χ3v) is 3.87. The van der Waals surface area contributed by atoms with E-state index >= 15 is 0 Å². The van der Waals surface area contributed by atoms with Crippen LogP contribution in [0.15, 0.2) is 4.99 Å². The molecule has 2 atom stereocenters. The number of carbonyl (C=O) groups is 1. The molecule has 1 aliphatic heterocycles. The van der Waals surface area contributed by atoms with Gasteiger partial charge in [0.25, 0.3) is 0 Å². The summed E-state index contributed by atoms with van der Waals surface area (Å²) in [4.78, 5) is 15.8. The second-order valence-electron chi connectivity index (χ2n) is 4.16. The molecular formula is C11H20N2O2S. The van der Waals surface area contributed by atoms with E-state index in [0.29, 0.717) is 17.8 Å². The van der Waals surface area contributed by atoms with Crippen LogP contribution in [0.3, 0.4) is 0 Å². The van der Waals surface area contributed by atoms with E-state index in [-0.39, 0.29) is 12.0 Å². The Bertz CT molecular complexity index is 279. The van der Waals surface area contributed by atoms with Crippen molar-refractivity contribution in [2.45, 2.75) is 39.0 Å². The van der Waals surface area contributed by atoms with Crippen LogP contribution in [0.2, 0.25) is 0 Å². The molecule has 0 spiro atoms. The lowest BCUT2D eigenvalue weighted by Crippen LogP contribution is -2.38. The van der Waals surface area contributed by atoms with Gasteiger partial charge in [-0.2, -0.15) is 0 Å². The third kappa shape index (κ3) is 3.70. The van der Waals surface area contributed by atoms with Gasteiger partial charge in [-0.3, -0.25) is 4.99 Å². The van der Waals surface area contributed by atoms with Crippen LogP contribution in [-0.4, -0.2) is 35.6 Å². The Morgan fingerprint density at radius 1 is 1.62 bits per heavy atom. The van der Waals surface area contributed by atoms with E-state index < -0.39 is 0 Å². The first-order valence-corrected chi connectivity index (χ1v) is 6.56. The fourth-order valence-electron chi connectivity index (χ4n) is 1.33. The molecule has 0 aromatic heterocycles. The molecule has 92 valence electrons. The Morgan fingerprint density at radius 3 is 2.81 bits per heavy atom. The van der Waals surface area contributed by atoms with Crippen LogP contribution in [-0.2, 0) is 9.53 Å². The molecule has 16 heavy (non-hydrogen) atoms. The molecule has 0 radical (unpaired) electrons. The molecule has 0 aromatic rings. The molecule has 4 nitrogen and oxygen atoms in total. The van der Waals surface area contributed by atoms with Crippen LogP contribution in [0, 0.1) is 5.92 Å². The first kappa shape index (κ1) is 13.4. The van der Waals surface area contributed by atoms with Crippen molar-refractivity contribution < 1.29 is 9.53 Å². The molecule has 1 aliphatic rings. The van der Waals surface area contributed by atoms with Gasteiger partial charge in [0, 0.05) is 5.25 Å². The average molecular weight is 244 g/mol. The van der Waals surface area contributed by atoms with Gasteiger partial charge < -0.3 is 10.1 Å². The van der Waals surface area contributed by atoms with Crippen LogP contribution < -0.4 is 5.32 Å². The molecule has 0 bridgehead atoms. The normalized spacial score (nSPS) is 21.8. The SMILES string of the molecule is CCOC(=O)C(C)NC1=NCC(C(C)C)S1. The predicted molar refractivity (Wildman–Crippen MR) is 67.7 cm³/mol. The summed E-state index contributed by atoms with van der Waals surface area (Å²) in [6, 6.07) is -0.322. The van der Waals surface area contributed by atoms with Crippen LogP contribution in [0.25, 0.3) is 0 Å². The van der Waals surface area contributed by atoms with E-state index in [2.05, 4.69) is 24.2 Å². The Kier molecular flexibility index (Phi) is 5.12. The van der Waals surface area contributed by atoms with Crippen molar-refractivity contribution in [3.05, 3.63) is 0 Å². The first-order valence-electron chi connectivity index (χ1n) is 5.68. The summed E-state index contributed by atoms with van der Waals surface area (Å²) in [6.07, 6.45) is 0. The van der Waals surface area contributed by atoms with Crippen LogP contribution >= 0.6 is 11.8 Å². The maximum Gasteiger partial charge on any atom is 0.328 e. The van der Waals surface area contributed by atoms with Gasteiger partial charge in [0.05, 0.1) is 13.2 Å². The zero-order valence-electron chi connectivity index (χ0n) is 10.3. The van der Waals surface area contributed by atoms with Crippen LogP contribution in [0.1, 0.15) is 27.7 Å². The standard InChI is InChI=1S/C11H20N2O2S/c1-5-15-10(14)8(4)13-11-12-6-9(16-11)7(2)3/h7-9H,5-6H2,1-4H3,(H,12,13). The summed E-state index contributed by atoms with van der Waals surface area (Å²) in [5.41, 5.74) is 0. The summed E-state index contributed by atoms with van der Waals surface area (Å²) >= 11 is 1.71. The number of carbonyl (C=O) groups excluding carboxylic acids is 1. The molecule has 1 rings (SSSR count). The minimum absolute atomic E-state index is 0.223. The van der Waals surface area contributed by atoms with Crippen molar-refractivity contribution in [1.29, 1.82) is 0 Å². The van der Waals surface area contributed by atoms with Crippen molar-refractivity contribution in [1.82, 2.24) is 5.32 Å². The van der Waals surface area contributed by atoms with Gasteiger partial charge in [-0.05, 0) is 19.8 Å². The monoisotopic (exact) mass is 244 g/mol. The van der Waals surface area contributed by atoms with E-state index in [1.165, 1.54) is 0 Å². The van der Waals surface area contributed by atoms with Crippen molar-refractivity contribution in [2.24, 2.45) is 10.9 Å². The molecule has 1 heterocycles. The van der Waals surface area contributed by atoms with Gasteiger partial charge in [0.15, 0.2) is 5.17 Å². The lowest BCUT2D eigenvalue weighted by atomic mass is 10.1. The molecule has 0 aromatic carbocycles. The quantitative estimate of drug-likeness (QED) is 0.764. The highest BCUT2D eigenvalue weighted by Gasteiger charge is 2.25. The van der Waals surface area contributed by atoms with Crippen molar-refractivity contribution in [2.75, 3.05) is 13.2 Å². The Morgan fingerprint density at radius 2 is 2.31 bits per heavy atom. The zero-order valence-corrected chi connectivity index (χ0v) is 11.1. The number of aliphatic imine (C=N–C) groups is 1. The number of nitrogens with one attached hydrogen (secondary N) is 1. The van der Waals surface area contributed by atoms with E-state index in [9.17, 15) is 4.79 Å². The Balaban J connectivity index is 2.36. The second kappa shape index (κ2) is 6.13. The number of esters is 1. The predicted octanol–water partition coefficient (Wildman–Crippen LogP) is 1.66. The summed E-state index contributed by atoms with van der Waals surface area (Å²) in [5.74, 6) is 0.379. The molecule has 0 saturated carbocycles. The zero-order chi connectivity index (χ0) is 12.1. The molecule has 0 aliphatic carbocycles. The summed E-state index contributed by atoms with van der Waals surface area (Å²) in [7, 11) is 0. The van der Waals surface area contributed by atoms with E-state index in [0.717, 1.165) is 11.7 Å². The molecule has 0 saturated heterocycles.